The van der Waals surface area contributed by atoms with Gasteiger partial charge in [0, 0.05) is 29.6 Å². The van der Waals surface area contributed by atoms with Crippen LogP contribution in [0.4, 0.5) is 18.0 Å². The van der Waals surface area contributed by atoms with E-state index >= 15 is 0 Å². The molecule has 1 aromatic carbocycles. The van der Waals surface area contributed by atoms with Gasteiger partial charge in [-0.05, 0) is 44.6 Å². The third-order valence-corrected chi connectivity index (χ3v) is 5.70. The van der Waals surface area contributed by atoms with Gasteiger partial charge in [-0.1, -0.05) is 28.8 Å². The summed E-state index contributed by atoms with van der Waals surface area (Å²) in [7, 11) is 0. The number of alkyl halides is 1. The number of unbranched alkanes of at least 4 members (excludes halogenated alkanes) is 3. The van der Waals surface area contributed by atoms with Crippen molar-refractivity contribution in [1.29, 1.82) is 0 Å². The standard InChI is InChI=1S/C20H27BrF3NO3/c21-9-3-1-2-4-10-28-16-7-5-15(6-8-16)25(20(26)27)13-14-11-18(23)19(24)12-17(14)22/h11-12,15-16H,1-10,13H2,(H,26,27). The van der Waals surface area contributed by atoms with E-state index in [0.717, 1.165) is 48.4 Å². The third kappa shape index (κ3) is 6.95. The van der Waals surface area contributed by atoms with Crippen LogP contribution in [0, 0.1) is 17.5 Å². The molecule has 8 heteroatoms. The number of halogens is 4. The summed E-state index contributed by atoms with van der Waals surface area (Å²) < 4.78 is 46.2. The van der Waals surface area contributed by atoms with E-state index in [1.165, 1.54) is 6.42 Å². The van der Waals surface area contributed by atoms with E-state index in [2.05, 4.69) is 15.9 Å². The van der Waals surface area contributed by atoms with Crippen LogP contribution in [0.3, 0.4) is 0 Å². The van der Waals surface area contributed by atoms with Crippen LogP contribution in [-0.2, 0) is 11.3 Å². The molecule has 0 spiro atoms. The van der Waals surface area contributed by atoms with E-state index in [0.29, 0.717) is 25.5 Å². The predicted octanol–water partition coefficient (Wildman–Crippen LogP) is 5.87. The van der Waals surface area contributed by atoms with Crippen LogP contribution >= 0.6 is 15.9 Å². The van der Waals surface area contributed by atoms with Crippen LogP contribution in [0.5, 0.6) is 0 Å². The Morgan fingerprint density at radius 2 is 1.68 bits per heavy atom. The zero-order valence-corrected chi connectivity index (χ0v) is 17.4. The van der Waals surface area contributed by atoms with Gasteiger partial charge in [-0.15, -0.1) is 0 Å². The number of carbonyl (C=O) groups is 1. The Morgan fingerprint density at radius 3 is 2.32 bits per heavy atom. The fourth-order valence-electron chi connectivity index (χ4n) is 3.55. The molecule has 28 heavy (non-hydrogen) atoms. The molecule has 1 amide bonds. The Morgan fingerprint density at radius 1 is 1.04 bits per heavy atom. The Hall–Kier alpha value is -1.28. The molecule has 0 bridgehead atoms. The fourth-order valence-corrected chi connectivity index (χ4v) is 3.94. The molecule has 1 aliphatic carbocycles. The topological polar surface area (TPSA) is 49.8 Å². The molecule has 2 rings (SSSR count). The van der Waals surface area contributed by atoms with Crippen LogP contribution in [0.15, 0.2) is 12.1 Å². The Labute approximate surface area is 172 Å². The van der Waals surface area contributed by atoms with E-state index < -0.39 is 23.5 Å². The second-order valence-electron chi connectivity index (χ2n) is 7.17. The zero-order valence-electron chi connectivity index (χ0n) is 15.8. The van der Waals surface area contributed by atoms with Crippen LogP contribution < -0.4 is 0 Å². The molecular weight excluding hydrogens is 439 g/mol. The van der Waals surface area contributed by atoms with Crippen LogP contribution in [-0.4, -0.2) is 40.2 Å². The summed E-state index contributed by atoms with van der Waals surface area (Å²) in [5.74, 6) is -3.41. The third-order valence-electron chi connectivity index (χ3n) is 5.14. The average Bonchev–Trinajstić information content (AvgIpc) is 2.67. The SMILES string of the molecule is O=C(O)N(Cc1cc(F)c(F)cc1F)C1CCC(OCCCCCCBr)CC1. The number of hydrogen-bond acceptors (Lipinski definition) is 2. The molecule has 0 heterocycles. The lowest BCUT2D eigenvalue weighted by Gasteiger charge is -2.35. The second kappa shape index (κ2) is 11.7. The molecule has 4 nitrogen and oxygen atoms in total. The van der Waals surface area contributed by atoms with Crippen LogP contribution in [0.25, 0.3) is 0 Å². The Kier molecular flexibility index (Phi) is 9.58. The van der Waals surface area contributed by atoms with Gasteiger partial charge in [0.25, 0.3) is 0 Å². The van der Waals surface area contributed by atoms with Crippen molar-refractivity contribution in [2.45, 2.75) is 70.1 Å². The molecule has 0 atom stereocenters. The van der Waals surface area contributed by atoms with Crippen LogP contribution in [0.2, 0.25) is 0 Å². The largest absolute Gasteiger partial charge is 0.465 e. The number of rotatable bonds is 10. The van der Waals surface area contributed by atoms with Gasteiger partial charge < -0.3 is 14.7 Å². The van der Waals surface area contributed by atoms with Crippen molar-refractivity contribution in [3.63, 3.8) is 0 Å². The highest BCUT2D eigenvalue weighted by Gasteiger charge is 2.30. The van der Waals surface area contributed by atoms with Gasteiger partial charge in [-0.2, -0.15) is 0 Å². The minimum absolute atomic E-state index is 0.114. The first-order valence-corrected chi connectivity index (χ1v) is 10.8. The molecule has 1 aliphatic rings. The quantitative estimate of drug-likeness (QED) is 0.267. The smallest absolute Gasteiger partial charge is 0.407 e. The van der Waals surface area contributed by atoms with Crippen molar-refractivity contribution in [2.75, 3.05) is 11.9 Å². The monoisotopic (exact) mass is 465 g/mol. The van der Waals surface area contributed by atoms with Crippen molar-refractivity contribution >= 4 is 22.0 Å². The number of amides is 1. The van der Waals surface area contributed by atoms with Gasteiger partial charge in [0.05, 0.1) is 12.6 Å². The molecule has 1 fully saturated rings. The van der Waals surface area contributed by atoms with Crippen molar-refractivity contribution in [3.05, 3.63) is 35.1 Å². The Balaban J connectivity index is 1.83. The molecule has 0 unspecified atom stereocenters. The lowest BCUT2D eigenvalue weighted by Crippen LogP contribution is -2.42. The van der Waals surface area contributed by atoms with E-state index in [1.807, 2.05) is 0 Å². The first-order valence-electron chi connectivity index (χ1n) is 9.73. The normalized spacial score (nSPS) is 19.6. The molecule has 0 radical (unpaired) electrons. The number of carboxylic acid groups (broad SMARTS) is 1. The van der Waals surface area contributed by atoms with Gasteiger partial charge in [-0.25, -0.2) is 18.0 Å². The van der Waals surface area contributed by atoms with Crippen LogP contribution in [0.1, 0.15) is 56.9 Å². The van der Waals surface area contributed by atoms with Crippen molar-refractivity contribution < 1.29 is 27.8 Å². The number of ether oxygens (including phenoxy) is 1. The van der Waals surface area contributed by atoms with Gasteiger partial charge in [0.15, 0.2) is 11.6 Å². The van der Waals surface area contributed by atoms with E-state index in [4.69, 9.17) is 4.74 Å². The molecule has 1 saturated carbocycles. The summed E-state index contributed by atoms with van der Waals surface area (Å²) in [5.41, 5.74) is -0.164. The fraction of sp³-hybridized carbons (Fsp3) is 0.650. The van der Waals surface area contributed by atoms with Crippen molar-refractivity contribution in [3.8, 4) is 0 Å². The number of nitrogens with zero attached hydrogens (tertiary/aromatic N) is 1. The van der Waals surface area contributed by atoms with E-state index in [9.17, 15) is 23.1 Å². The second-order valence-corrected chi connectivity index (χ2v) is 7.97. The Bertz CT molecular complexity index is 639. The summed E-state index contributed by atoms with van der Waals surface area (Å²) in [6.07, 6.45) is 6.08. The maximum Gasteiger partial charge on any atom is 0.407 e. The highest BCUT2D eigenvalue weighted by molar-refractivity contribution is 9.09. The summed E-state index contributed by atoms with van der Waals surface area (Å²) in [4.78, 5) is 12.8. The van der Waals surface area contributed by atoms with Gasteiger partial charge in [-0.3, -0.25) is 0 Å². The van der Waals surface area contributed by atoms with Crippen molar-refractivity contribution in [2.24, 2.45) is 0 Å². The molecule has 0 saturated heterocycles. The molecule has 1 aromatic rings. The molecule has 0 aliphatic heterocycles. The van der Waals surface area contributed by atoms with Gasteiger partial charge in [0.2, 0.25) is 0 Å². The predicted molar refractivity (Wildman–Crippen MR) is 104 cm³/mol. The molecule has 1 N–H and O–H groups in total. The first kappa shape index (κ1) is 23.0. The average molecular weight is 466 g/mol. The maximum absolute atomic E-state index is 13.9. The minimum atomic E-state index is -1.28. The maximum atomic E-state index is 13.9. The number of benzene rings is 1. The lowest BCUT2D eigenvalue weighted by molar-refractivity contribution is 0.00592. The molecular formula is C20H27BrF3NO3. The minimum Gasteiger partial charge on any atom is -0.465 e. The zero-order chi connectivity index (χ0) is 20.5. The molecule has 0 aromatic heterocycles. The summed E-state index contributed by atoms with van der Waals surface area (Å²) in [6, 6.07) is 0.891. The summed E-state index contributed by atoms with van der Waals surface area (Å²) in [5, 5.41) is 10.5. The number of hydrogen-bond donors (Lipinski definition) is 1. The van der Waals surface area contributed by atoms with Gasteiger partial charge >= 0.3 is 6.09 Å². The van der Waals surface area contributed by atoms with E-state index in [1.54, 1.807) is 0 Å². The summed E-state index contributed by atoms with van der Waals surface area (Å²) >= 11 is 3.41. The van der Waals surface area contributed by atoms with Gasteiger partial charge in [0.1, 0.15) is 5.82 Å². The van der Waals surface area contributed by atoms with E-state index in [-0.39, 0.29) is 24.3 Å². The highest BCUT2D eigenvalue weighted by Crippen LogP contribution is 2.27. The molecule has 158 valence electrons. The van der Waals surface area contributed by atoms with Crippen molar-refractivity contribution in [1.82, 2.24) is 4.90 Å². The summed E-state index contributed by atoms with van der Waals surface area (Å²) in [6.45, 7) is 0.405. The lowest BCUT2D eigenvalue weighted by atomic mass is 9.91. The first-order chi connectivity index (χ1) is 13.4. The highest BCUT2D eigenvalue weighted by atomic mass is 79.9.